The molecule has 3 aromatic rings. The number of rotatable bonds is 4. The van der Waals surface area contributed by atoms with Crippen LogP contribution in [0.2, 0.25) is 0 Å². The van der Waals surface area contributed by atoms with Gasteiger partial charge in [-0.3, -0.25) is 0 Å². The van der Waals surface area contributed by atoms with E-state index in [9.17, 15) is 8.78 Å². The minimum atomic E-state index is -0.660. The standard InChI is InChI=1S/C20H18F2N4/c21-15-8-9-17(16(22)12-15)23-19-13-18(14-6-2-1-3-7-14)24-20(25-19)26-10-4-5-11-26/h1-3,6-9,12-13H,4-5,10-11H2,(H,23,24,25). The van der Waals surface area contributed by atoms with Crippen LogP contribution in [0.25, 0.3) is 11.3 Å². The summed E-state index contributed by atoms with van der Waals surface area (Å²) in [5, 5.41) is 2.95. The van der Waals surface area contributed by atoms with E-state index in [-0.39, 0.29) is 5.69 Å². The summed E-state index contributed by atoms with van der Waals surface area (Å²) in [6.07, 6.45) is 2.21. The van der Waals surface area contributed by atoms with Crippen molar-refractivity contribution >= 4 is 17.5 Å². The van der Waals surface area contributed by atoms with Crippen molar-refractivity contribution in [3.63, 3.8) is 0 Å². The molecule has 4 rings (SSSR count). The van der Waals surface area contributed by atoms with Crippen LogP contribution in [-0.2, 0) is 0 Å². The van der Waals surface area contributed by atoms with Crippen LogP contribution in [0.1, 0.15) is 12.8 Å². The first kappa shape index (κ1) is 16.4. The van der Waals surface area contributed by atoms with Gasteiger partial charge in [-0.15, -0.1) is 0 Å². The fourth-order valence-electron chi connectivity index (χ4n) is 3.04. The molecule has 0 amide bonds. The monoisotopic (exact) mass is 352 g/mol. The first-order chi connectivity index (χ1) is 12.7. The van der Waals surface area contributed by atoms with Gasteiger partial charge in [0.05, 0.1) is 11.4 Å². The average molecular weight is 352 g/mol. The van der Waals surface area contributed by atoms with Gasteiger partial charge in [-0.25, -0.2) is 13.8 Å². The van der Waals surface area contributed by atoms with Crippen LogP contribution in [0, 0.1) is 11.6 Å². The predicted molar refractivity (Wildman–Crippen MR) is 98.6 cm³/mol. The molecular weight excluding hydrogens is 334 g/mol. The zero-order chi connectivity index (χ0) is 17.9. The Bertz CT molecular complexity index is 909. The van der Waals surface area contributed by atoms with E-state index < -0.39 is 11.6 Å². The summed E-state index contributed by atoms with van der Waals surface area (Å²) in [6.45, 7) is 1.81. The molecule has 1 aromatic heterocycles. The van der Waals surface area contributed by atoms with Gasteiger partial charge < -0.3 is 10.2 Å². The molecule has 1 N–H and O–H groups in total. The van der Waals surface area contributed by atoms with Crippen molar-refractivity contribution in [1.29, 1.82) is 0 Å². The molecule has 2 aromatic carbocycles. The zero-order valence-corrected chi connectivity index (χ0v) is 14.1. The Balaban J connectivity index is 1.74. The summed E-state index contributed by atoms with van der Waals surface area (Å²) in [5.41, 5.74) is 1.89. The molecule has 0 unspecified atom stereocenters. The molecular formula is C20H18F2N4. The Kier molecular flexibility index (Phi) is 4.48. The van der Waals surface area contributed by atoms with Crippen LogP contribution in [0.3, 0.4) is 0 Å². The van der Waals surface area contributed by atoms with Crippen LogP contribution in [0.15, 0.2) is 54.6 Å². The Morgan fingerprint density at radius 2 is 1.65 bits per heavy atom. The number of benzene rings is 2. The van der Waals surface area contributed by atoms with Crippen molar-refractivity contribution < 1.29 is 8.78 Å². The molecule has 0 radical (unpaired) electrons. The van der Waals surface area contributed by atoms with Gasteiger partial charge in [0.1, 0.15) is 17.5 Å². The summed E-state index contributed by atoms with van der Waals surface area (Å²) >= 11 is 0. The number of anilines is 3. The quantitative estimate of drug-likeness (QED) is 0.735. The van der Waals surface area contributed by atoms with Gasteiger partial charge >= 0.3 is 0 Å². The van der Waals surface area contributed by atoms with E-state index >= 15 is 0 Å². The van der Waals surface area contributed by atoms with E-state index in [2.05, 4.69) is 20.2 Å². The van der Waals surface area contributed by atoms with Crippen LogP contribution in [-0.4, -0.2) is 23.1 Å². The van der Waals surface area contributed by atoms with Crippen LogP contribution < -0.4 is 10.2 Å². The van der Waals surface area contributed by atoms with Crippen molar-refractivity contribution in [3.8, 4) is 11.3 Å². The van der Waals surface area contributed by atoms with E-state index in [1.165, 1.54) is 12.1 Å². The maximum absolute atomic E-state index is 14.0. The van der Waals surface area contributed by atoms with Crippen LogP contribution >= 0.6 is 0 Å². The second kappa shape index (κ2) is 7.07. The van der Waals surface area contributed by atoms with E-state index in [0.29, 0.717) is 11.8 Å². The molecule has 4 nitrogen and oxygen atoms in total. The number of aromatic nitrogens is 2. The number of halogens is 2. The number of hydrogen-bond donors (Lipinski definition) is 1. The molecule has 2 heterocycles. The maximum Gasteiger partial charge on any atom is 0.227 e. The molecule has 0 atom stereocenters. The predicted octanol–water partition coefficient (Wildman–Crippen LogP) is 4.77. The Hall–Kier alpha value is -3.02. The highest BCUT2D eigenvalue weighted by molar-refractivity contribution is 5.67. The summed E-state index contributed by atoms with van der Waals surface area (Å²) in [7, 11) is 0. The molecule has 6 heteroatoms. The zero-order valence-electron chi connectivity index (χ0n) is 14.1. The Morgan fingerprint density at radius 1 is 0.885 bits per heavy atom. The molecule has 0 saturated carbocycles. The van der Waals surface area contributed by atoms with Crippen molar-refractivity contribution in [2.24, 2.45) is 0 Å². The third-order valence-corrected chi connectivity index (χ3v) is 4.37. The lowest BCUT2D eigenvalue weighted by molar-refractivity contribution is 0.586. The summed E-state index contributed by atoms with van der Waals surface area (Å²) in [4.78, 5) is 11.4. The van der Waals surface area contributed by atoms with Gasteiger partial charge in [-0.05, 0) is 25.0 Å². The SMILES string of the molecule is Fc1ccc(Nc2cc(-c3ccccc3)nc(N3CCCC3)n2)c(F)c1. The summed E-state index contributed by atoms with van der Waals surface area (Å²) in [6, 6.07) is 15.0. The number of nitrogens with zero attached hydrogens (tertiary/aromatic N) is 3. The van der Waals surface area contributed by atoms with Gasteiger partial charge in [0.2, 0.25) is 5.95 Å². The number of hydrogen-bond acceptors (Lipinski definition) is 4. The molecule has 1 saturated heterocycles. The Morgan fingerprint density at radius 3 is 2.38 bits per heavy atom. The third-order valence-electron chi connectivity index (χ3n) is 4.37. The molecule has 0 aliphatic carbocycles. The van der Waals surface area contributed by atoms with Crippen molar-refractivity contribution in [2.45, 2.75) is 12.8 Å². The largest absolute Gasteiger partial charge is 0.341 e. The lowest BCUT2D eigenvalue weighted by Gasteiger charge is -2.18. The third kappa shape index (κ3) is 3.49. The molecule has 26 heavy (non-hydrogen) atoms. The van der Waals surface area contributed by atoms with E-state index in [4.69, 9.17) is 0 Å². The second-order valence-electron chi connectivity index (χ2n) is 6.25. The smallest absolute Gasteiger partial charge is 0.227 e. The molecule has 1 aliphatic rings. The topological polar surface area (TPSA) is 41.1 Å². The van der Waals surface area contributed by atoms with Crippen LogP contribution in [0.4, 0.5) is 26.2 Å². The van der Waals surface area contributed by atoms with E-state index in [1.807, 2.05) is 30.3 Å². The van der Waals surface area contributed by atoms with Crippen molar-refractivity contribution in [2.75, 3.05) is 23.3 Å². The van der Waals surface area contributed by atoms with Gasteiger partial charge in [0, 0.05) is 30.8 Å². The van der Waals surface area contributed by atoms with Gasteiger partial charge in [0.25, 0.3) is 0 Å². The highest BCUT2D eigenvalue weighted by Crippen LogP contribution is 2.27. The molecule has 0 spiro atoms. The fraction of sp³-hybridized carbons (Fsp3) is 0.200. The highest BCUT2D eigenvalue weighted by atomic mass is 19.1. The minimum absolute atomic E-state index is 0.177. The van der Waals surface area contributed by atoms with Gasteiger partial charge in [-0.2, -0.15) is 4.98 Å². The normalized spacial score (nSPS) is 13.8. The maximum atomic E-state index is 14.0. The lowest BCUT2D eigenvalue weighted by Crippen LogP contribution is -2.21. The van der Waals surface area contributed by atoms with Crippen LogP contribution in [0.5, 0.6) is 0 Å². The molecule has 1 aliphatic heterocycles. The molecule has 0 bridgehead atoms. The highest BCUT2D eigenvalue weighted by Gasteiger charge is 2.17. The van der Waals surface area contributed by atoms with Crippen molar-refractivity contribution in [3.05, 3.63) is 66.2 Å². The van der Waals surface area contributed by atoms with Gasteiger partial charge in [0.15, 0.2) is 0 Å². The lowest BCUT2D eigenvalue weighted by atomic mass is 10.1. The average Bonchev–Trinajstić information content (AvgIpc) is 3.19. The Labute approximate surface area is 150 Å². The van der Waals surface area contributed by atoms with Gasteiger partial charge in [-0.1, -0.05) is 30.3 Å². The van der Waals surface area contributed by atoms with Crippen molar-refractivity contribution in [1.82, 2.24) is 9.97 Å². The molecule has 1 fully saturated rings. The minimum Gasteiger partial charge on any atom is -0.341 e. The first-order valence-electron chi connectivity index (χ1n) is 8.60. The first-order valence-corrected chi connectivity index (χ1v) is 8.60. The summed E-state index contributed by atoms with van der Waals surface area (Å²) in [5.74, 6) is -0.175. The fourth-order valence-corrected chi connectivity index (χ4v) is 3.04. The summed E-state index contributed by atoms with van der Waals surface area (Å²) < 4.78 is 27.1. The molecule has 132 valence electrons. The van der Waals surface area contributed by atoms with E-state index in [1.54, 1.807) is 6.07 Å². The second-order valence-corrected chi connectivity index (χ2v) is 6.25. The number of nitrogens with one attached hydrogen (secondary N) is 1. The van der Waals surface area contributed by atoms with E-state index in [0.717, 1.165) is 43.3 Å².